The standard InChI is InChI=1S/C15H15N3O3/c1-21-13-6-4-5-12(9-13)10-16-17-14(19)11-18-8-3-2-7-15(18)20/h2-10H,11H2,1H3,(H,17,19)/b16-10-. The van der Waals surface area contributed by atoms with Gasteiger partial charge in [-0.15, -0.1) is 0 Å². The van der Waals surface area contributed by atoms with E-state index in [4.69, 9.17) is 4.74 Å². The van der Waals surface area contributed by atoms with Crippen molar-refractivity contribution in [3.05, 3.63) is 64.6 Å². The van der Waals surface area contributed by atoms with Gasteiger partial charge in [-0.05, 0) is 23.8 Å². The fourth-order valence-electron chi connectivity index (χ4n) is 1.68. The van der Waals surface area contributed by atoms with Gasteiger partial charge in [-0.25, -0.2) is 5.43 Å². The molecular formula is C15H15N3O3. The topological polar surface area (TPSA) is 72.7 Å². The first-order valence-electron chi connectivity index (χ1n) is 6.30. The van der Waals surface area contributed by atoms with Crippen molar-refractivity contribution in [3.8, 4) is 5.75 Å². The molecule has 0 radical (unpaired) electrons. The number of pyridine rings is 1. The molecule has 0 aliphatic rings. The number of nitrogens with zero attached hydrogens (tertiary/aromatic N) is 2. The van der Waals surface area contributed by atoms with Crippen LogP contribution in [0.15, 0.2) is 58.6 Å². The van der Waals surface area contributed by atoms with Crippen molar-refractivity contribution < 1.29 is 9.53 Å². The largest absolute Gasteiger partial charge is 0.497 e. The number of ether oxygens (including phenoxy) is 1. The Balaban J connectivity index is 1.93. The average Bonchev–Trinajstić information content (AvgIpc) is 2.50. The molecule has 0 saturated heterocycles. The highest BCUT2D eigenvalue weighted by Gasteiger charge is 2.01. The molecule has 21 heavy (non-hydrogen) atoms. The van der Waals surface area contributed by atoms with E-state index in [-0.39, 0.29) is 18.0 Å². The lowest BCUT2D eigenvalue weighted by Gasteiger charge is -2.03. The van der Waals surface area contributed by atoms with Gasteiger partial charge in [-0.1, -0.05) is 18.2 Å². The van der Waals surface area contributed by atoms with Crippen LogP contribution in [0.25, 0.3) is 0 Å². The molecule has 0 atom stereocenters. The van der Waals surface area contributed by atoms with Crippen LogP contribution >= 0.6 is 0 Å². The van der Waals surface area contributed by atoms with E-state index in [1.54, 1.807) is 31.5 Å². The van der Waals surface area contributed by atoms with Crippen molar-refractivity contribution in [1.29, 1.82) is 0 Å². The van der Waals surface area contributed by atoms with Crippen molar-refractivity contribution in [1.82, 2.24) is 9.99 Å². The summed E-state index contributed by atoms with van der Waals surface area (Å²) in [5.41, 5.74) is 2.94. The number of methoxy groups -OCH3 is 1. The SMILES string of the molecule is COc1cccc(/C=N\NC(=O)Cn2ccccc2=O)c1. The maximum absolute atomic E-state index is 11.7. The van der Waals surface area contributed by atoms with Gasteiger partial charge in [0.2, 0.25) is 0 Å². The van der Waals surface area contributed by atoms with Crippen LogP contribution in [0.3, 0.4) is 0 Å². The summed E-state index contributed by atoms with van der Waals surface area (Å²) in [5, 5.41) is 3.85. The molecule has 2 rings (SSSR count). The van der Waals surface area contributed by atoms with Crippen LogP contribution < -0.4 is 15.7 Å². The van der Waals surface area contributed by atoms with Gasteiger partial charge >= 0.3 is 0 Å². The van der Waals surface area contributed by atoms with Gasteiger partial charge in [0, 0.05) is 12.3 Å². The number of hydrogen-bond donors (Lipinski definition) is 1. The van der Waals surface area contributed by atoms with E-state index in [0.717, 1.165) is 5.56 Å². The van der Waals surface area contributed by atoms with Crippen LogP contribution in [-0.2, 0) is 11.3 Å². The van der Waals surface area contributed by atoms with Crippen LogP contribution in [0.2, 0.25) is 0 Å². The zero-order chi connectivity index (χ0) is 15.1. The van der Waals surface area contributed by atoms with Gasteiger partial charge in [0.15, 0.2) is 0 Å². The van der Waals surface area contributed by atoms with E-state index in [9.17, 15) is 9.59 Å². The summed E-state index contributed by atoms with van der Waals surface area (Å²) in [6.45, 7) is -0.0743. The molecule has 0 fully saturated rings. The quantitative estimate of drug-likeness (QED) is 0.658. The van der Waals surface area contributed by atoms with Crippen molar-refractivity contribution in [2.24, 2.45) is 5.10 Å². The maximum atomic E-state index is 11.7. The summed E-state index contributed by atoms with van der Waals surface area (Å²) in [7, 11) is 1.58. The molecule has 0 bridgehead atoms. The molecular weight excluding hydrogens is 270 g/mol. The van der Waals surface area contributed by atoms with E-state index in [2.05, 4.69) is 10.5 Å². The Morgan fingerprint density at radius 2 is 2.19 bits per heavy atom. The van der Waals surface area contributed by atoms with Crippen molar-refractivity contribution in [2.75, 3.05) is 7.11 Å². The molecule has 6 nitrogen and oxygen atoms in total. The fourth-order valence-corrected chi connectivity index (χ4v) is 1.68. The van der Waals surface area contributed by atoms with E-state index < -0.39 is 0 Å². The Bertz CT molecular complexity index is 707. The lowest BCUT2D eigenvalue weighted by molar-refractivity contribution is -0.121. The van der Waals surface area contributed by atoms with Gasteiger partial charge in [0.1, 0.15) is 12.3 Å². The van der Waals surface area contributed by atoms with Crippen molar-refractivity contribution in [2.45, 2.75) is 6.54 Å². The lowest BCUT2D eigenvalue weighted by Crippen LogP contribution is -2.28. The third-order valence-electron chi connectivity index (χ3n) is 2.71. The number of rotatable bonds is 5. The van der Waals surface area contributed by atoms with Gasteiger partial charge in [0.05, 0.1) is 13.3 Å². The lowest BCUT2D eigenvalue weighted by atomic mass is 10.2. The molecule has 1 N–H and O–H groups in total. The first kappa shape index (κ1) is 14.5. The van der Waals surface area contributed by atoms with E-state index in [1.165, 1.54) is 16.8 Å². The number of carbonyl (C=O) groups excluding carboxylic acids is 1. The predicted octanol–water partition coefficient (Wildman–Crippen LogP) is 1.01. The number of carbonyl (C=O) groups is 1. The zero-order valence-corrected chi connectivity index (χ0v) is 11.5. The zero-order valence-electron chi connectivity index (χ0n) is 11.5. The Morgan fingerprint density at radius 1 is 1.33 bits per heavy atom. The minimum absolute atomic E-state index is 0.0743. The summed E-state index contributed by atoms with van der Waals surface area (Å²) in [6, 6.07) is 12.0. The highest BCUT2D eigenvalue weighted by Crippen LogP contribution is 2.10. The second-order valence-corrected chi connectivity index (χ2v) is 4.24. The van der Waals surface area contributed by atoms with Crippen LogP contribution in [0, 0.1) is 0 Å². The Labute approximate surface area is 121 Å². The molecule has 108 valence electrons. The van der Waals surface area contributed by atoms with Gasteiger partial charge in [-0.3, -0.25) is 9.59 Å². The summed E-state index contributed by atoms with van der Waals surface area (Å²) in [4.78, 5) is 23.1. The summed E-state index contributed by atoms with van der Waals surface area (Å²) < 4.78 is 6.39. The van der Waals surface area contributed by atoms with Gasteiger partial charge in [-0.2, -0.15) is 5.10 Å². The van der Waals surface area contributed by atoms with Crippen molar-refractivity contribution in [3.63, 3.8) is 0 Å². The van der Waals surface area contributed by atoms with E-state index >= 15 is 0 Å². The Hall–Kier alpha value is -2.89. The molecule has 0 aliphatic heterocycles. The summed E-state index contributed by atoms with van der Waals surface area (Å²) >= 11 is 0. The molecule has 1 heterocycles. The molecule has 0 unspecified atom stereocenters. The highest BCUT2D eigenvalue weighted by atomic mass is 16.5. The number of hydrazone groups is 1. The van der Waals surface area contributed by atoms with Crippen molar-refractivity contribution >= 4 is 12.1 Å². The third-order valence-corrected chi connectivity index (χ3v) is 2.71. The molecule has 1 aromatic heterocycles. The van der Waals surface area contributed by atoms with Crippen LogP contribution in [0.4, 0.5) is 0 Å². The number of amides is 1. The number of benzene rings is 1. The molecule has 2 aromatic rings. The van der Waals surface area contributed by atoms with Gasteiger partial charge < -0.3 is 9.30 Å². The summed E-state index contributed by atoms with van der Waals surface area (Å²) in [6.07, 6.45) is 3.06. The number of nitrogens with one attached hydrogen (secondary N) is 1. The number of hydrogen-bond acceptors (Lipinski definition) is 4. The van der Waals surface area contributed by atoms with E-state index in [1.807, 2.05) is 18.2 Å². The number of aromatic nitrogens is 1. The molecule has 1 amide bonds. The molecule has 1 aromatic carbocycles. The first-order valence-corrected chi connectivity index (χ1v) is 6.30. The minimum atomic E-state index is -0.373. The van der Waals surface area contributed by atoms with Crippen LogP contribution in [0.5, 0.6) is 5.75 Å². The summed E-state index contributed by atoms with van der Waals surface area (Å²) in [5.74, 6) is 0.337. The van der Waals surface area contributed by atoms with Gasteiger partial charge in [0.25, 0.3) is 11.5 Å². The predicted molar refractivity (Wildman–Crippen MR) is 79.4 cm³/mol. The van der Waals surface area contributed by atoms with Crippen LogP contribution in [0.1, 0.15) is 5.56 Å². The smallest absolute Gasteiger partial charge is 0.260 e. The normalized spacial score (nSPS) is 10.5. The monoisotopic (exact) mass is 285 g/mol. The first-order chi connectivity index (χ1) is 10.2. The third kappa shape index (κ3) is 4.31. The minimum Gasteiger partial charge on any atom is -0.497 e. The molecule has 0 saturated carbocycles. The molecule has 0 aliphatic carbocycles. The van der Waals surface area contributed by atoms with E-state index in [0.29, 0.717) is 5.75 Å². The second-order valence-electron chi connectivity index (χ2n) is 4.24. The Kier molecular flexibility index (Phi) is 4.87. The highest BCUT2D eigenvalue weighted by molar-refractivity contribution is 5.82. The maximum Gasteiger partial charge on any atom is 0.260 e. The average molecular weight is 285 g/mol. The molecule has 6 heteroatoms. The second kappa shape index (κ2) is 7.04. The van der Waals surface area contributed by atoms with Crippen LogP contribution in [-0.4, -0.2) is 23.8 Å². The Morgan fingerprint density at radius 3 is 2.95 bits per heavy atom. The fraction of sp³-hybridized carbons (Fsp3) is 0.133. The molecule has 0 spiro atoms.